The lowest BCUT2D eigenvalue weighted by molar-refractivity contribution is 0.678. The smallest absolute Gasteiger partial charge is 0.0312 e. The van der Waals surface area contributed by atoms with Crippen molar-refractivity contribution in [2.24, 2.45) is 0 Å². The predicted octanol–water partition coefficient (Wildman–Crippen LogP) is 6.09. The van der Waals surface area contributed by atoms with E-state index in [0.29, 0.717) is 0 Å². The van der Waals surface area contributed by atoms with E-state index < -0.39 is 0 Å². The molecule has 4 aromatic heterocycles. The molecule has 0 spiro atoms. The molecule has 6 rings (SSSR count). The number of nitrogens with zero attached hydrogens (tertiary/aromatic N) is 4. The molecule has 0 fully saturated rings. The highest BCUT2D eigenvalue weighted by Crippen LogP contribution is 2.26. The maximum absolute atomic E-state index is 4.26. The van der Waals surface area contributed by atoms with Gasteiger partial charge in [-0.3, -0.25) is 19.9 Å². The third-order valence-electron chi connectivity index (χ3n) is 7.96. The van der Waals surface area contributed by atoms with E-state index >= 15 is 0 Å². The zero-order valence-electron chi connectivity index (χ0n) is 27.1. The summed E-state index contributed by atoms with van der Waals surface area (Å²) in [5.41, 5.74) is 12.1. The SMILES string of the molecule is c1cncc(CNCc2cc(CNCc3cccnc3)cc(-c3cc(CNCc4cccnc4)cc(CNCc4cccnc4)c3)c2)c1. The van der Waals surface area contributed by atoms with Crippen molar-refractivity contribution in [3.63, 3.8) is 0 Å². The van der Waals surface area contributed by atoms with Crippen molar-refractivity contribution >= 4 is 0 Å². The molecule has 2 aromatic carbocycles. The lowest BCUT2D eigenvalue weighted by atomic mass is 9.96. The minimum atomic E-state index is 0.754. The van der Waals surface area contributed by atoms with Crippen molar-refractivity contribution in [2.45, 2.75) is 52.4 Å². The number of hydrogen-bond acceptors (Lipinski definition) is 8. The first kappa shape index (κ1) is 32.8. The van der Waals surface area contributed by atoms with E-state index in [1.54, 1.807) is 0 Å². The standard InChI is InChI=1S/C40H42N8/c1-5-31(19-41-9-1)23-45-27-35-13-36(28-46-24-32-6-2-10-42-20-32)16-39(15-35)40-17-37(29-47-25-33-7-3-11-43-21-33)14-38(18-40)30-48-26-34-8-4-12-44-22-34/h1-22,45-48H,23-30H2. The van der Waals surface area contributed by atoms with Crippen LogP contribution in [0.25, 0.3) is 11.1 Å². The Morgan fingerprint density at radius 1 is 0.312 bits per heavy atom. The van der Waals surface area contributed by atoms with Crippen LogP contribution in [0.4, 0.5) is 0 Å². The van der Waals surface area contributed by atoms with Crippen LogP contribution in [0.15, 0.2) is 135 Å². The fraction of sp³-hybridized carbons (Fsp3) is 0.200. The zero-order valence-corrected chi connectivity index (χ0v) is 27.1. The molecule has 0 aliphatic rings. The van der Waals surface area contributed by atoms with Gasteiger partial charge in [0, 0.05) is 102 Å². The van der Waals surface area contributed by atoms with Crippen molar-refractivity contribution < 1.29 is 0 Å². The Labute approximate surface area is 283 Å². The number of aromatic nitrogens is 4. The summed E-state index contributed by atoms with van der Waals surface area (Å²) in [5, 5.41) is 14.5. The van der Waals surface area contributed by atoms with Gasteiger partial charge in [-0.1, -0.05) is 36.4 Å². The van der Waals surface area contributed by atoms with Crippen LogP contribution < -0.4 is 21.3 Å². The second-order valence-corrected chi connectivity index (χ2v) is 11.9. The third kappa shape index (κ3) is 10.4. The van der Waals surface area contributed by atoms with Crippen LogP contribution in [-0.2, 0) is 52.4 Å². The van der Waals surface area contributed by atoms with Crippen LogP contribution in [0.3, 0.4) is 0 Å². The molecule has 4 N–H and O–H groups in total. The topological polar surface area (TPSA) is 99.7 Å². The Balaban J connectivity index is 1.23. The number of nitrogens with one attached hydrogen (secondary N) is 4. The number of rotatable bonds is 17. The van der Waals surface area contributed by atoms with Gasteiger partial charge >= 0.3 is 0 Å². The summed E-state index contributed by atoms with van der Waals surface area (Å²) >= 11 is 0. The lowest BCUT2D eigenvalue weighted by Crippen LogP contribution is -2.16. The fourth-order valence-electron chi connectivity index (χ4n) is 5.68. The van der Waals surface area contributed by atoms with Gasteiger partial charge in [-0.2, -0.15) is 0 Å². The van der Waals surface area contributed by atoms with Crippen LogP contribution >= 0.6 is 0 Å². The molecule has 8 heteroatoms. The molecule has 0 bridgehead atoms. The fourth-order valence-corrected chi connectivity index (χ4v) is 5.68. The van der Waals surface area contributed by atoms with Crippen molar-refractivity contribution in [3.05, 3.63) is 179 Å². The molecular formula is C40H42N8. The molecule has 0 amide bonds. The summed E-state index contributed by atoms with van der Waals surface area (Å²) in [5.74, 6) is 0. The minimum absolute atomic E-state index is 0.754. The first-order chi connectivity index (χ1) is 23.8. The highest BCUT2D eigenvalue weighted by atomic mass is 14.9. The molecule has 0 saturated carbocycles. The van der Waals surface area contributed by atoms with Crippen LogP contribution in [-0.4, -0.2) is 19.9 Å². The molecule has 0 radical (unpaired) electrons. The van der Waals surface area contributed by atoms with E-state index in [0.717, 1.165) is 52.4 Å². The number of pyridine rings is 4. The molecule has 48 heavy (non-hydrogen) atoms. The summed E-state index contributed by atoms with van der Waals surface area (Å²) < 4.78 is 0. The first-order valence-electron chi connectivity index (χ1n) is 16.4. The van der Waals surface area contributed by atoms with Crippen molar-refractivity contribution in [1.82, 2.24) is 41.2 Å². The molecule has 242 valence electrons. The largest absolute Gasteiger partial charge is 0.309 e. The van der Waals surface area contributed by atoms with Crippen LogP contribution in [0, 0.1) is 0 Å². The van der Waals surface area contributed by atoms with E-state index in [1.807, 2.05) is 73.8 Å². The van der Waals surface area contributed by atoms with Gasteiger partial charge in [0.1, 0.15) is 0 Å². The summed E-state index contributed by atoms with van der Waals surface area (Å²) in [6.45, 7) is 6.06. The lowest BCUT2D eigenvalue weighted by Gasteiger charge is -2.15. The Hall–Kier alpha value is -5.12. The van der Waals surface area contributed by atoms with E-state index in [2.05, 4.69) is 102 Å². The van der Waals surface area contributed by atoms with Gasteiger partial charge in [0.15, 0.2) is 0 Å². The molecule has 0 unspecified atom stereocenters. The van der Waals surface area contributed by atoms with Crippen molar-refractivity contribution in [3.8, 4) is 11.1 Å². The highest BCUT2D eigenvalue weighted by molar-refractivity contribution is 5.67. The van der Waals surface area contributed by atoms with Gasteiger partial charge in [-0.05, 0) is 104 Å². The second kappa shape index (κ2) is 17.7. The van der Waals surface area contributed by atoms with E-state index in [-0.39, 0.29) is 0 Å². The molecule has 8 nitrogen and oxygen atoms in total. The third-order valence-corrected chi connectivity index (χ3v) is 7.96. The molecular weight excluding hydrogens is 592 g/mol. The Kier molecular flexibility index (Phi) is 12.1. The average molecular weight is 635 g/mol. The summed E-state index contributed by atoms with van der Waals surface area (Å²) in [4.78, 5) is 17.0. The molecule has 0 aliphatic carbocycles. The van der Waals surface area contributed by atoms with Gasteiger partial charge < -0.3 is 21.3 Å². The maximum atomic E-state index is 4.26. The maximum Gasteiger partial charge on any atom is 0.0312 e. The summed E-state index contributed by atoms with van der Waals surface area (Å²) in [6, 6.07) is 30.2. The first-order valence-corrected chi connectivity index (χ1v) is 16.4. The van der Waals surface area contributed by atoms with Crippen LogP contribution in [0.5, 0.6) is 0 Å². The number of benzene rings is 2. The van der Waals surface area contributed by atoms with Crippen molar-refractivity contribution in [1.29, 1.82) is 0 Å². The summed E-state index contributed by atoms with van der Waals surface area (Å²) in [6.07, 6.45) is 14.9. The quantitative estimate of drug-likeness (QED) is 0.0957. The van der Waals surface area contributed by atoms with Gasteiger partial charge in [0.05, 0.1) is 0 Å². The average Bonchev–Trinajstić information content (AvgIpc) is 3.13. The molecule has 6 aromatic rings. The Morgan fingerprint density at radius 3 is 0.792 bits per heavy atom. The highest BCUT2D eigenvalue weighted by Gasteiger charge is 2.09. The summed E-state index contributed by atoms with van der Waals surface area (Å²) in [7, 11) is 0. The monoisotopic (exact) mass is 634 g/mol. The number of hydrogen-bond donors (Lipinski definition) is 4. The van der Waals surface area contributed by atoms with Gasteiger partial charge in [-0.15, -0.1) is 0 Å². The second-order valence-electron chi connectivity index (χ2n) is 11.9. The van der Waals surface area contributed by atoms with Crippen LogP contribution in [0.2, 0.25) is 0 Å². The van der Waals surface area contributed by atoms with E-state index in [9.17, 15) is 0 Å². The van der Waals surface area contributed by atoms with E-state index in [1.165, 1.54) is 55.6 Å². The predicted molar refractivity (Wildman–Crippen MR) is 191 cm³/mol. The normalized spacial score (nSPS) is 11.1. The van der Waals surface area contributed by atoms with Gasteiger partial charge in [0.2, 0.25) is 0 Å². The van der Waals surface area contributed by atoms with Gasteiger partial charge in [-0.25, -0.2) is 0 Å². The van der Waals surface area contributed by atoms with E-state index in [4.69, 9.17) is 0 Å². The molecule has 4 heterocycles. The molecule has 0 aliphatic heterocycles. The Morgan fingerprint density at radius 2 is 0.562 bits per heavy atom. The van der Waals surface area contributed by atoms with Gasteiger partial charge in [0.25, 0.3) is 0 Å². The minimum Gasteiger partial charge on any atom is -0.309 e. The molecule has 0 atom stereocenters. The molecule has 0 saturated heterocycles. The zero-order chi connectivity index (χ0) is 32.6. The van der Waals surface area contributed by atoms with Crippen molar-refractivity contribution in [2.75, 3.05) is 0 Å². The van der Waals surface area contributed by atoms with Crippen LogP contribution in [0.1, 0.15) is 44.5 Å². The Bertz CT molecular complexity index is 1550.